The van der Waals surface area contributed by atoms with E-state index in [1.165, 1.54) is 0 Å². The topological polar surface area (TPSA) is 59.1 Å². The predicted molar refractivity (Wildman–Crippen MR) is 60.2 cm³/mol. The lowest BCUT2D eigenvalue weighted by Gasteiger charge is -2.45. The number of aliphatic hydroxyl groups excluding tert-OH is 1. The van der Waals surface area contributed by atoms with Crippen molar-refractivity contribution in [3.05, 3.63) is 28.0 Å². The lowest BCUT2D eigenvalue weighted by molar-refractivity contribution is 0.0222. The molecule has 0 unspecified atom stereocenters. The summed E-state index contributed by atoms with van der Waals surface area (Å²) in [5, 5.41) is 10.5. The van der Waals surface area contributed by atoms with Crippen molar-refractivity contribution in [1.82, 2.24) is 4.98 Å². The zero-order chi connectivity index (χ0) is 11.1. The summed E-state index contributed by atoms with van der Waals surface area (Å²) in [6.45, 7) is 0.438. The van der Waals surface area contributed by atoms with Crippen molar-refractivity contribution >= 4 is 23.2 Å². The van der Waals surface area contributed by atoms with Gasteiger partial charge in [-0.05, 0) is 12.8 Å². The summed E-state index contributed by atoms with van der Waals surface area (Å²) in [6, 6.07) is 0. The van der Waals surface area contributed by atoms with Crippen LogP contribution in [0, 0.1) is 0 Å². The molecule has 0 amide bonds. The molecule has 0 spiro atoms. The van der Waals surface area contributed by atoms with Crippen LogP contribution in [-0.4, -0.2) is 22.7 Å². The van der Waals surface area contributed by atoms with Crippen molar-refractivity contribution in [2.75, 3.05) is 6.54 Å². The molecule has 0 atom stereocenters. The minimum Gasteiger partial charge on any atom is -0.393 e. The second kappa shape index (κ2) is 3.91. The van der Waals surface area contributed by atoms with Crippen molar-refractivity contribution in [1.29, 1.82) is 0 Å². The first kappa shape index (κ1) is 11.1. The fraction of sp³-hybridized carbons (Fsp3) is 0.500. The predicted octanol–water partition coefficient (Wildman–Crippen LogP) is 1.74. The fourth-order valence-electron chi connectivity index (χ4n) is 2.23. The molecule has 1 aliphatic rings. The Balaban J connectivity index is 2.44. The molecule has 1 fully saturated rings. The normalized spacial score (nSPS) is 30.0. The molecule has 3 N–H and O–H groups in total. The van der Waals surface area contributed by atoms with Gasteiger partial charge in [-0.1, -0.05) is 23.2 Å². The van der Waals surface area contributed by atoms with Gasteiger partial charge in [0.1, 0.15) is 0 Å². The smallest absolute Gasteiger partial charge is 0.0642 e. The Morgan fingerprint density at radius 1 is 1.40 bits per heavy atom. The van der Waals surface area contributed by atoms with Crippen molar-refractivity contribution in [3.63, 3.8) is 0 Å². The standard InChI is InChI=1S/C10H12Cl2N2O/c11-7-3-14-4-8(12)9(7)10(5-13)1-6(15)2-10/h3-4,6,15H,1-2,5,13H2. The Bertz CT molecular complexity index is 357. The number of pyridine rings is 1. The van der Waals surface area contributed by atoms with Crippen molar-refractivity contribution < 1.29 is 5.11 Å². The van der Waals surface area contributed by atoms with Crippen molar-refractivity contribution in [2.24, 2.45) is 5.73 Å². The van der Waals surface area contributed by atoms with Gasteiger partial charge in [0.25, 0.3) is 0 Å². The lowest BCUT2D eigenvalue weighted by Crippen LogP contribution is -2.50. The monoisotopic (exact) mass is 246 g/mol. The Kier molecular flexibility index (Phi) is 2.90. The van der Waals surface area contributed by atoms with Crippen LogP contribution in [-0.2, 0) is 5.41 Å². The highest BCUT2D eigenvalue weighted by Gasteiger charge is 2.46. The third-order valence-corrected chi connectivity index (χ3v) is 3.60. The minimum absolute atomic E-state index is 0.267. The van der Waals surface area contributed by atoms with Gasteiger partial charge in [0.05, 0.1) is 16.1 Å². The minimum atomic E-state index is -0.297. The number of aromatic nitrogens is 1. The summed E-state index contributed by atoms with van der Waals surface area (Å²) in [5.41, 5.74) is 6.31. The molecule has 1 heterocycles. The van der Waals surface area contributed by atoms with Crippen LogP contribution >= 0.6 is 23.2 Å². The Morgan fingerprint density at radius 2 is 1.93 bits per heavy atom. The largest absolute Gasteiger partial charge is 0.393 e. The van der Waals surface area contributed by atoms with Gasteiger partial charge >= 0.3 is 0 Å². The maximum atomic E-state index is 9.40. The molecular weight excluding hydrogens is 235 g/mol. The van der Waals surface area contributed by atoms with Crippen LogP contribution < -0.4 is 5.73 Å². The third-order valence-electron chi connectivity index (χ3n) is 3.03. The third kappa shape index (κ3) is 1.74. The maximum absolute atomic E-state index is 9.40. The molecule has 1 aromatic heterocycles. The molecule has 2 rings (SSSR count). The van der Waals surface area contributed by atoms with Crippen LogP contribution in [0.4, 0.5) is 0 Å². The van der Waals surface area contributed by atoms with E-state index in [2.05, 4.69) is 4.98 Å². The number of rotatable bonds is 2. The molecule has 3 nitrogen and oxygen atoms in total. The molecule has 1 saturated carbocycles. The summed E-state index contributed by atoms with van der Waals surface area (Å²) < 4.78 is 0. The highest BCUT2D eigenvalue weighted by Crippen LogP contribution is 2.47. The molecular formula is C10H12Cl2N2O. The average molecular weight is 247 g/mol. The van der Waals surface area contributed by atoms with Crippen LogP contribution in [0.3, 0.4) is 0 Å². The first-order valence-corrected chi connectivity index (χ1v) is 5.52. The number of hydrogen-bond acceptors (Lipinski definition) is 3. The van der Waals surface area contributed by atoms with E-state index < -0.39 is 0 Å². The van der Waals surface area contributed by atoms with Crippen LogP contribution in [0.2, 0.25) is 10.0 Å². The van der Waals surface area contributed by atoms with Gasteiger partial charge in [-0.25, -0.2) is 0 Å². The number of nitrogens with two attached hydrogens (primary N) is 1. The zero-order valence-corrected chi connectivity index (χ0v) is 9.59. The molecule has 0 aliphatic heterocycles. The molecule has 5 heteroatoms. The van der Waals surface area contributed by atoms with E-state index in [9.17, 15) is 5.11 Å². The number of halogens is 2. The zero-order valence-electron chi connectivity index (χ0n) is 8.08. The molecule has 0 aromatic carbocycles. The number of nitrogens with zero attached hydrogens (tertiary/aromatic N) is 1. The quantitative estimate of drug-likeness (QED) is 0.836. The van der Waals surface area contributed by atoms with Crippen molar-refractivity contribution in [2.45, 2.75) is 24.4 Å². The number of aliphatic hydroxyl groups is 1. The molecule has 82 valence electrons. The van der Waals surface area contributed by atoms with E-state index in [4.69, 9.17) is 28.9 Å². The van der Waals surface area contributed by atoms with E-state index in [1.807, 2.05) is 0 Å². The molecule has 0 bridgehead atoms. The Morgan fingerprint density at radius 3 is 2.33 bits per heavy atom. The van der Waals surface area contributed by atoms with Gasteiger partial charge < -0.3 is 10.8 Å². The summed E-state index contributed by atoms with van der Waals surface area (Å²) in [7, 11) is 0. The fourth-order valence-corrected chi connectivity index (χ4v) is 3.00. The lowest BCUT2D eigenvalue weighted by atomic mass is 9.63. The molecule has 0 saturated heterocycles. The van der Waals surface area contributed by atoms with Crippen LogP contribution in [0.15, 0.2) is 12.4 Å². The van der Waals surface area contributed by atoms with Crippen LogP contribution in [0.25, 0.3) is 0 Å². The van der Waals surface area contributed by atoms with Gasteiger partial charge in [0, 0.05) is 29.9 Å². The summed E-state index contributed by atoms with van der Waals surface area (Å²) in [4.78, 5) is 3.90. The summed E-state index contributed by atoms with van der Waals surface area (Å²) in [5.74, 6) is 0. The molecule has 15 heavy (non-hydrogen) atoms. The van der Waals surface area contributed by atoms with Gasteiger partial charge in [-0.15, -0.1) is 0 Å². The first-order chi connectivity index (χ1) is 7.09. The van der Waals surface area contributed by atoms with E-state index >= 15 is 0 Å². The maximum Gasteiger partial charge on any atom is 0.0642 e. The highest BCUT2D eigenvalue weighted by molar-refractivity contribution is 6.36. The average Bonchev–Trinajstić information content (AvgIpc) is 2.14. The van der Waals surface area contributed by atoms with Crippen LogP contribution in [0.1, 0.15) is 18.4 Å². The first-order valence-electron chi connectivity index (χ1n) is 4.77. The van der Waals surface area contributed by atoms with E-state index in [1.54, 1.807) is 12.4 Å². The van der Waals surface area contributed by atoms with Gasteiger partial charge in [0.15, 0.2) is 0 Å². The Hall–Kier alpha value is -0.350. The van der Waals surface area contributed by atoms with E-state index in [0.29, 0.717) is 29.4 Å². The van der Waals surface area contributed by atoms with E-state index in [0.717, 1.165) is 5.56 Å². The van der Waals surface area contributed by atoms with Gasteiger partial charge in [-0.3, -0.25) is 4.98 Å². The SMILES string of the molecule is NCC1(c2c(Cl)cncc2Cl)CC(O)C1. The highest BCUT2D eigenvalue weighted by atomic mass is 35.5. The van der Waals surface area contributed by atoms with Crippen molar-refractivity contribution in [3.8, 4) is 0 Å². The van der Waals surface area contributed by atoms with Crippen LogP contribution in [0.5, 0.6) is 0 Å². The second-order valence-electron chi connectivity index (χ2n) is 4.02. The molecule has 1 aromatic rings. The van der Waals surface area contributed by atoms with E-state index in [-0.39, 0.29) is 11.5 Å². The molecule has 1 aliphatic carbocycles. The van der Waals surface area contributed by atoms with Gasteiger partial charge in [-0.2, -0.15) is 0 Å². The molecule has 0 radical (unpaired) electrons. The summed E-state index contributed by atoms with van der Waals surface area (Å²) in [6.07, 6.45) is 4.06. The second-order valence-corrected chi connectivity index (χ2v) is 4.84. The Labute approximate surface area is 98.2 Å². The number of hydrogen-bond donors (Lipinski definition) is 2. The van der Waals surface area contributed by atoms with Gasteiger partial charge in [0.2, 0.25) is 0 Å². The summed E-state index contributed by atoms with van der Waals surface area (Å²) >= 11 is 12.1.